The van der Waals surface area contributed by atoms with Crippen molar-refractivity contribution in [3.63, 3.8) is 0 Å². The Hall–Kier alpha value is -2.42. The van der Waals surface area contributed by atoms with Crippen molar-refractivity contribution < 1.29 is 14.3 Å². The van der Waals surface area contributed by atoms with Crippen LogP contribution in [0, 0.1) is 5.92 Å². The quantitative estimate of drug-likeness (QED) is 0.348. The van der Waals surface area contributed by atoms with Gasteiger partial charge in [-0.1, -0.05) is 49.9 Å². The van der Waals surface area contributed by atoms with E-state index >= 15 is 0 Å². The number of Topliss-reactive ketones (excluding diaryl/α,β-unsaturated/α-hetero) is 1. The molecule has 0 bridgehead atoms. The molecule has 22 heavy (non-hydrogen) atoms. The molecule has 3 heteroatoms. The third kappa shape index (κ3) is 3.61. The first-order chi connectivity index (χ1) is 10.5. The molecular formula is C19H20O3. The van der Waals surface area contributed by atoms with Gasteiger partial charge in [0.25, 0.3) is 0 Å². The first-order valence-electron chi connectivity index (χ1n) is 7.37. The van der Waals surface area contributed by atoms with Crippen LogP contribution in [0.1, 0.15) is 30.6 Å². The molecule has 0 aromatic heterocycles. The van der Waals surface area contributed by atoms with Crippen molar-refractivity contribution in [2.24, 2.45) is 5.92 Å². The Balaban J connectivity index is 2.22. The van der Waals surface area contributed by atoms with E-state index in [4.69, 9.17) is 4.74 Å². The predicted molar refractivity (Wildman–Crippen MR) is 87.8 cm³/mol. The molecule has 0 aliphatic rings. The maximum Gasteiger partial charge on any atom is 0.317 e. The Morgan fingerprint density at radius 2 is 1.82 bits per heavy atom. The summed E-state index contributed by atoms with van der Waals surface area (Å²) >= 11 is 0. The predicted octanol–water partition coefficient (Wildman–Crippen LogP) is 4.17. The summed E-state index contributed by atoms with van der Waals surface area (Å²) in [4.78, 5) is 24.7. The molecule has 0 N–H and O–H groups in total. The molecule has 1 unspecified atom stereocenters. The van der Waals surface area contributed by atoms with E-state index in [1.165, 1.54) is 0 Å². The van der Waals surface area contributed by atoms with Crippen LogP contribution < -0.4 is 0 Å². The lowest BCUT2D eigenvalue weighted by molar-refractivity contribution is -0.145. The molecule has 0 aliphatic heterocycles. The maximum atomic E-state index is 12.6. The molecule has 0 saturated heterocycles. The number of carbonyl (C=O) groups is 2. The fourth-order valence-corrected chi connectivity index (χ4v) is 2.30. The molecule has 2 aromatic carbocycles. The Morgan fingerprint density at radius 1 is 1.14 bits per heavy atom. The number of benzene rings is 2. The summed E-state index contributed by atoms with van der Waals surface area (Å²) in [7, 11) is 0. The molecule has 0 radical (unpaired) electrons. The lowest BCUT2D eigenvalue weighted by Crippen LogP contribution is -2.26. The first kappa shape index (κ1) is 16.0. The van der Waals surface area contributed by atoms with Gasteiger partial charge < -0.3 is 4.74 Å². The van der Waals surface area contributed by atoms with Crippen LogP contribution in [0.15, 0.2) is 54.6 Å². The van der Waals surface area contributed by atoms with Crippen LogP contribution >= 0.6 is 0 Å². The molecule has 0 heterocycles. The highest BCUT2D eigenvalue weighted by molar-refractivity contribution is 6.10. The summed E-state index contributed by atoms with van der Waals surface area (Å²) in [6, 6.07) is 13.3. The standard InChI is InChI=1S/C19H20O3/c1-4-17(19(21)22-12-13(2)3)18(20)16-10-9-14-7-5-6-8-15(14)11-16/h5-11,17H,2,4,12H2,1,3H3. The van der Waals surface area contributed by atoms with Gasteiger partial charge in [0.15, 0.2) is 5.78 Å². The highest BCUT2D eigenvalue weighted by Crippen LogP contribution is 2.20. The van der Waals surface area contributed by atoms with Crippen LogP contribution in [-0.4, -0.2) is 18.4 Å². The second-order valence-corrected chi connectivity index (χ2v) is 5.45. The SMILES string of the molecule is C=C(C)COC(=O)C(CC)C(=O)c1ccc2ccccc2c1. The molecule has 2 rings (SSSR count). The normalized spacial score (nSPS) is 11.9. The number of hydrogen-bond donors (Lipinski definition) is 0. The molecule has 0 aliphatic carbocycles. The second kappa shape index (κ2) is 7.03. The van der Waals surface area contributed by atoms with Gasteiger partial charge in [-0.25, -0.2) is 0 Å². The van der Waals surface area contributed by atoms with Gasteiger partial charge >= 0.3 is 5.97 Å². The third-order valence-corrected chi connectivity index (χ3v) is 3.50. The van der Waals surface area contributed by atoms with Gasteiger partial charge in [-0.05, 0) is 35.8 Å². The van der Waals surface area contributed by atoms with E-state index in [2.05, 4.69) is 6.58 Å². The number of hydrogen-bond acceptors (Lipinski definition) is 3. The zero-order valence-corrected chi connectivity index (χ0v) is 13.0. The molecular weight excluding hydrogens is 276 g/mol. The Bertz CT molecular complexity index is 715. The van der Waals surface area contributed by atoms with Crippen LogP contribution in [0.2, 0.25) is 0 Å². The average molecular weight is 296 g/mol. The Labute approximate surface area is 130 Å². The lowest BCUT2D eigenvalue weighted by atomic mass is 9.94. The summed E-state index contributed by atoms with van der Waals surface area (Å²) in [6.07, 6.45) is 0.417. The van der Waals surface area contributed by atoms with Gasteiger partial charge in [0, 0.05) is 5.56 Å². The van der Waals surface area contributed by atoms with Gasteiger partial charge in [0.1, 0.15) is 12.5 Å². The van der Waals surface area contributed by atoms with E-state index in [9.17, 15) is 9.59 Å². The van der Waals surface area contributed by atoms with Crippen LogP contribution in [-0.2, 0) is 9.53 Å². The van der Waals surface area contributed by atoms with Crippen molar-refractivity contribution in [1.82, 2.24) is 0 Å². The van der Waals surface area contributed by atoms with E-state index in [1.807, 2.05) is 43.3 Å². The summed E-state index contributed by atoms with van der Waals surface area (Å²) in [6.45, 7) is 7.43. The minimum absolute atomic E-state index is 0.153. The molecule has 1 atom stereocenters. The van der Waals surface area contributed by atoms with Crippen LogP contribution in [0.3, 0.4) is 0 Å². The first-order valence-corrected chi connectivity index (χ1v) is 7.37. The van der Waals surface area contributed by atoms with Gasteiger partial charge in [-0.2, -0.15) is 0 Å². The Kier molecular flexibility index (Phi) is 5.10. The summed E-state index contributed by atoms with van der Waals surface area (Å²) in [5.74, 6) is -1.44. The number of esters is 1. The molecule has 3 nitrogen and oxygen atoms in total. The number of rotatable bonds is 6. The highest BCUT2D eigenvalue weighted by Gasteiger charge is 2.27. The number of carbonyl (C=O) groups excluding carboxylic acids is 2. The van der Waals surface area contributed by atoms with E-state index < -0.39 is 11.9 Å². The van der Waals surface area contributed by atoms with Crippen LogP contribution in [0.4, 0.5) is 0 Å². The second-order valence-electron chi connectivity index (χ2n) is 5.45. The molecule has 0 fully saturated rings. The third-order valence-electron chi connectivity index (χ3n) is 3.50. The van der Waals surface area contributed by atoms with E-state index in [0.717, 1.165) is 16.3 Å². The molecule has 2 aromatic rings. The summed E-state index contributed by atoms with van der Waals surface area (Å²) in [5.41, 5.74) is 1.29. The fraction of sp³-hybridized carbons (Fsp3) is 0.263. The number of ether oxygens (including phenoxy) is 1. The lowest BCUT2D eigenvalue weighted by Gasteiger charge is -2.13. The number of fused-ring (bicyclic) bond motifs is 1. The summed E-state index contributed by atoms with van der Waals surface area (Å²) in [5, 5.41) is 2.05. The zero-order chi connectivity index (χ0) is 16.1. The van der Waals surface area contributed by atoms with E-state index in [-0.39, 0.29) is 12.4 Å². The summed E-state index contributed by atoms with van der Waals surface area (Å²) < 4.78 is 5.13. The largest absolute Gasteiger partial charge is 0.461 e. The van der Waals surface area contributed by atoms with Gasteiger partial charge in [0.05, 0.1) is 0 Å². The molecule has 114 valence electrons. The number of ketones is 1. The Morgan fingerprint density at radius 3 is 2.45 bits per heavy atom. The molecule has 0 spiro atoms. The minimum atomic E-state index is -0.763. The fourth-order valence-electron chi connectivity index (χ4n) is 2.30. The van der Waals surface area contributed by atoms with E-state index in [0.29, 0.717) is 12.0 Å². The van der Waals surface area contributed by atoms with Crippen molar-refractivity contribution in [2.45, 2.75) is 20.3 Å². The molecule has 0 saturated carbocycles. The average Bonchev–Trinajstić information content (AvgIpc) is 2.53. The maximum absolute atomic E-state index is 12.6. The zero-order valence-electron chi connectivity index (χ0n) is 13.0. The van der Waals surface area contributed by atoms with Crippen molar-refractivity contribution >= 4 is 22.5 Å². The molecule has 0 amide bonds. The minimum Gasteiger partial charge on any atom is -0.461 e. The highest BCUT2D eigenvalue weighted by atomic mass is 16.5. The van der Waals surface area contributed by atoms with Gasteiger partial charge in [0.2, 0.25) is 0 Å². The van der Waals surface area contributed by atoms with Crippen LogP contribution in [0.5, 0.6) is 0 Å². The van der Waals surface area contributed by atoms with Crippen molar-refractivity contribution in [2.75, 3.05) is 6.61 Å². The van der Waals surface area contributed by atoms with Gasteiger partial charge in [-0.15, -0.1) is 0 Å². The smallest absolute Gasteiger partial charge is 0.317 e. The topological polar surface area (TPSA) is 43.4 Å². The van der Waals surface area contributed by atoms with Crippen molar-refractivity contribution in [3.8, 4) is 0 Å². The monoisotopic (exact) mass is 296 g/mol. The van der Waals surface area contributed by atoms with Crippen LogP contribution in [0.25, 0.3) is 10.8 Å². The van der Waals surface area contributed by atoms with E-state index in [1.54, 1.807) is 13.0 Å². The van der Waals surface area contributed by atoms with Crippen molar-refractivity contribution in [3.05, 3.63) is 60.2 Å². The van der Waals surface area contributed by atoms with Gasteiger partial charge in [-0.3, -0.25) is 9.59 Å². The van der Waals surface area contributed by atoms with Crippen molar-refractivity contribution in [1.29, 1.82) is 0 Å².